The first-order chi connectivity index (χ1) is 12.9. The van der Waals surface area contributed by atoms with Crippen LogP contribution in [-0.4, -0.2) is 26.6 Å². The average molecular weight is 392 g/mol. The highest BCUT2D eigenvalue weighted by atomic mass is 32.2. The number of nitro groups is 1. The maximum atomic E-state index is 12.5. The van der Waals surface area contributed by atoms with Crippen LogP contribution in [0.3, 0.4) is 0 Å². The smallest absolute Gasteiger partial charge is 0.312 e. The lowest BCUT2D eigenvalue weighted by atomic mass is 10.3. The topological polar surface area (TPSA) is 108 Å². The number of anilines is 1. The molecule has 9 heteroatoms. The molecule has 0 aliphatic heterocycles. The van der Waals surface area contributed by atoms with Crippen molar-refractivity contribution in [1.82, 2.24) is 0 Å². The van der Waals surface area contributed by atoms with Gasteiger partial charge in [0.15, 0.2) is 5.75 Å². The number of rotatable bonds is 7. The fraction of sp³-hybridized carbons (Fsp3) is 0.333. The molecule has 0 aromatic heterocycles. The van der Waals surface area contributed by atoms with Crippen LogP contribution in [0.4, 0.5) is 11.4 Å². The Morgan fingerprint density at radius 3 is 2.37 bits per heavy atom. The van der Waals surface area contributed by atoms with E-state index in [9.17, 15) is 18.5 Å². The molecule has 0 spiro atoms. The van der Waals surface area contributed by atoms with Crippen LogP contribution < -0.4 is 14.2 Å². The molecule has 0 saturated heterocycles. The zero-order valence-corrected chi connectivity index (χ0v) is 15.6. The third-order valence-corrected chi connectivity index (χ3v) is 5.75. The standard InChI is InChI=1S/C18H20N2O6S/c1-25-18-11-10-16(12-17(18)20(21)22)27(23,24)19-13-6-8-15(9-7-13)26-14-4-2-3-5-14/h6-12,14,19H,2-5H2,1H3. The molecule has 0 heterocycles. The number of hydrogen-bond donors (Lipinski definition) is 1. The molecule has 1 N–H and O–H groups in total. The minimum Gasteiger partial charge on any atom is -0.490 e. The van der Waals surface area contributed by atoms with Gasteiger partial charge in [-0.15, -0.1) is 0 Å². The summed E-state index contributed by atoms with van der Waals surface area (Å²) < 4.78 is 38.2. The number of nitrogens with one attached hydrogen (secondary N) is 1. The van der Waals surface area contributed by atoms with Gasteiger partial charge in [0.25, 0.3) is 10.0 Å². The van der Waals surface area contributed by atoms with E-state index in [0.717, 1.165) is 31.7 Å². The summed E-state index contributed by atoms with van der Waals surface area (Å²) in [5.41, 5.74) is -0.0760. The second-order valence-corrected chi connectivity index (χ2v) is 7.93. The van der Waals surface area contributed by atoms with E-state index < -0.39 is 20.6 Å². The second-order valence-electron chi connectivity index (χ2n) is 6.24. The molecule has 8 nitrogen and oxygen atoms in total. The van der Waals surface area contributed by atoms with E-state index in [4.69, 9.17) is 9.47 Å². The molecule has 1 aliphatic rings. The van der Waals surface area contributed by atoms with Gasteiger partial charge >= 0.3 is 5.69 Å². The van der Waals surface area contributed by atoms with Crippen molar-refractivity contribution >= 4 is 21.4 Å². The Kier molecular flexibility index (Phi) is 5.50. The van der Waals surface area contributed by atoms with Crippen LogP contribution in [0.25, 0.3) is 0 Å². The lowest BCUT2D eigenvalue weighted by molar-refractivity contribution is -0.386. The fourth-order valence-corrected chi connectivity index (χ4v) is 4.07. The van der Waals surface area contributed by atoms with E-state index in [1.54, 1.807) is 24.3 Å². The molecule has 2 aromatic carbocycles. The molecule has 144 valence electrons. The third kappa shape index (κ3) is 4.48. The van der Waals surface area contributed by atoms with Crippen LogP contribution in [-0.2, 0) is 10.0 Å². The monoisotopic (exact) mass is 392 g/mol. The summed E-state index contributed by atoms with van der Waals surface area (Å²) >= 11 is 0. The molecule has 0 amide bonds. The summed E-state index contributed by atoms with van der Waals surface area (Å²) in [5, 5.41) is 11.1. The molecule has 3 rings (SSSR count). The van der Waals surface area contributed by atoms with Gasteiger partial charge in [0.1, 0.15) is 5.75 Å². The highest BCUT2D eigenvalue weighted by molar-refractivity contribution is 7.92. The highest BCUT2D eigenvalue weighted by Gasteiger charge is 2.22. The minimum atomic E-state index is -3.98. The zero-order valence-electron chi connectivity index (χ0n) is 14.8. The first-order valence-corrected chi connectivity index (χ1v) is 9.99. The van der Waals surface area contributed by atoms with Crippen molar-refractivity contribution in [3.8, 4) is 11.5 Å². The summed E-state index contributed by atoms with van der Waals surface area (Å²) in [7, 11) is -2.70. The number of methoxy groups -OCH3 is 1. The van der Waals surface area contributed by atoms with Gasteiger partial charge in [-0.3, -0.25) is 14.8 Å². The molecule has 0 radical (unpaired) electrons. The Bertz CT molecular complexity index is 921. The van der Waals surface area contributed by atoms with E-state index in [0.29, 0.717) is 11.4 Å². The number of hydrogen-bond acceptors (Lipinski definition) is 6. The van der Waals surface area contributed by atoms with Gasteiger partial charge in [-0.2, -0.15) is 0 Å². The highest BCUT2D eigenvalue weighted by Crippen LogP contribution is 2.30. The summed E-state index contributed by atoms with van der Waals surface area (Å²) in [4.78, 5) is 10.2. The minimum absolute atomic E-state index is 0.00707. The average Bonchev–Trinajstić information content (AvgIpc) is 3.15. The summed E-state index contributed by atoms with van der Waals surface area (Å²) in [6, 6.07) is 10.1. The number of nitrogens with zero attached hydrogens (tertiary/aromatic N) is 1. The Balaban J connectivity index is 1.76. The molecule has 0 bridgehead atoms. The molecule has 1 aliphatic carbocycles. The van der Waals surface area contributed by atoms with Gasteiger partial charge in [0.05, 0.1) is 23.0 Å². The number of nitro benzene ring substituents is 1. The Morgan fingerprint density at radius 1 is 1.11 bits per heavy atom. The van der Waals surface area contributed by atoms with E-state index in [1.807, 2.05) is 0 Å². The Labute approximate surface area is 157 Å². The molecule has 2 aromatic rings. The molecule has 0 atom stereocenters. The van der Waals surface area contributed by atoms with Crippen LogP contribution in [0, 0.1) is 10.1 Å². The van der Waals surface area contributed by atoms with Gasteiger partial charge in [-0.05, 0) is 62.1 Å². The molecule has 1 saturated carbocycles. The number of ether oxygens (including phenoxy) is 2. The van der Waals surface area contributed by atoms with Gasteiger partial charge in [0, 0.05) is 11.8 Å². The van der Waals surface area contributed by atoms with Crippen LogP contribution >= 0.6 is 0 Å². The van der Waals surface area contributed by atoms with Crippen molar-refractivity contribution < 1.29 is 22.8 Å². The summed E-state index contributed by atoms with van der Waals surface area (Å²) in [6.45, 7) is 0. The Morgan fingerprint density at radius 2 is 1.78 bits per heavy atom. The van der Waals surface area contributed by atoms with Crippen LogP contribution in [0.15, 0.2) is 47.4 Å². The van der Waals surface area contributed by atoms with Crippen molar-refractivity contribution in [3.63, 3.8) is 0 Å². The SMILES string of the molecule is COc1ccc(S(=O)(=O)Nc2ccc(OC3CCCC3)cc2)cc1[N+](=O)[O-]. The van der Waals surface area contributed by atoms with Crippen molar-refractivity contribution in [2.75, 3.05) is 11.8 Å². The predicted molar refractivity (Wildman–Crippen MR) is 99.8 cm³/mol. The molecule has 1 fully saturated rings. The first kappa shape index (κ1) is 19.0. The van der Waals surface area contributed by atoms with Crippen molar-refractivity contribution in [3.05, 3.63) is 52.6 Å². The van der Waals surface area contributed by atoms with Crippen molar-refractivity contribution in [1.29, 1.82) is 0 Å². The number of benzene rings is 2. The largest absolute Gasteiger partial charge is 0.490 e. The van der Waals surface area contributed by atoms with E-state index in [2.05, 4.69) is 4.72 Å². The van der Waals surface area contributed by atoms with E-state index >= 15 is 0 Å². The number of sulfonamides is 1. The maximum absolute atomic E-state index is 12.5. The fourth-order valence-electron chi connectivity index (χ4n) is 2.99. The van der Waals surface area contributed by atoms with Crippen molar-refractivity contribution in [2.45, 2.75) is 36.7 Å². The third-order valence-electron chi connectivity index (χ3n) is 4.37. The van der Waals surface area contributed by atoms with E-state index in [1.165, 1.54) is 19.2 Å². The molecular weight excluding hydrogens is 372 g/mol. The van der Waals surface area contributed by atoms with Crippen molar-refractivity contribution in [2.24, 2.45) is 0 Å². The maximum Gasteiger partial charge on any atom is 0.312 e. The van der Waals surface area contributed by atoms with Gasteiger partial charge in [-0.1, -0.05) is 0 Å². The van der Waals surface area contributed by atoms with Crippen LogP contribution in [0.5, 0.6) is 11.5 Å². The van der Waals surface area contributed by atoms with E-state index in [-0.39, 0.29) is 16.7 Å². The van der Waals surface area contributed by atoms with Gasteiger partial charge < -0.3 is 9.47 Å². The lowest BCUT2D eigenvalue weighted by Gasteiger charge is -2.14. The zero-order chi connectivity index (χ0) is 19.4. The predicted octanol–water partition coefficient (Wildman–Crippen LogP) is 3.73. The second kappa shape index (κ2) is 7.83. The lowest BCUT2D eigenvalue weighted by Crippen LogP contribution is -2.14. The van der Waals surface area contributed by atoms with Gasteiger partial charge in [-0.25, -0.2) is 8.42 Å². The van der Waals surface area contributed by atoms with Crippen LogP contribution in [0.1, 0.15) is 25.7 Å². The quantitative estimate of drug-likeness (QED) is 0.568. The molecule has 27 heavy (non-hydrogen) atoms. The Hall–Kier alpha value is -2.81. The first-order valence-electron chi connectivity index (χ1n) is 8.51. The van der Waals surface area contributed by atoms with Crippen LogP contribution in [0.2, 0.25) is 0 Å². The molecule has 0 unspecified atom stereocenters. The summed E-state index contributed by atoms with van der Waals surface area (Å²) in [6.07, 6.45) is 4.61. The van der Waals surface area contributed by atoms with Gasteiger partial charge in [0.2, 0.25) is 0 Å². The summed E-state index contributed by atoms with van der Waals surface area (Å²) in [5.74, 6) is 0.678. The normalized spacial score (nSPS) is 14.7. The molecular formula is C18H20N2O6S.